The van der Waals surface area contributed by atoms with Crippen molar-refractivity contribution in [3.8, 4) is 16.6 Å². The van der Waals surface area contributed by atoms with Gasteiger partial charge in [-0.25, -0.2) is 4.98 Å². The molecule has 96 valence electrons. The summed E-state index contributed by atoms with van der Waals surface area (Å²) in [7, 11) is 0. The van der Waals surface area contributed by atoms with Crippen molar-refractivity contribution in [2.45, 2.75) is 0 Å². The average molecular weight is 294 g/mol. The van der Waals surface area contributed by atoms with Gasteiger partial charge in [0, 0.05) is 5.38 Å². The average Bonchev–Trinajstić information content (AvgIpc) is 3.16. The van der Waals surface area contributed by atoms with E-state index in [1.54, 1.807) is 11.3 Å². The van der Waals surface area contributed by atoms with Gasteiger partial charge in [0.25, 0.3) is 0 Å². The summed E-state index contributed by atoms with van der Waals surface area (Å²) in [6.45, 7) is 0. The van der Waals surface area contributed by atoms with Gasteiger partial charge in [-0.2, -0.15) is 5.26 Å². The van der Waals surface area contributed by atoms with Crippen LogP contribution in [0.15, 0.2) is 53.2 Å². The van der Waals surface area contributed by atoms with E-state index in [4.69, 9.17) is 0 Å². The van der Waals surface area contributed by atoms with Crippen LogP contribution >= 0.6 is 22.7 Å². The Kier molecular flexibility index (Phi) is 3.73. The Morgan fingerprint density at radius 2 is 1.95 bits per heavy atom. The number of thiophene rings is 1. The van der Waals surface area contributed by atoms with Crippen LogP contribution in [0.5, 0.6) is 0 Å². The summed E-state index contributed by atoms with van der Waals surface area (Å²) >= 11 is 3.16. The minimum atomic E-state index is 0.601. The minimum Gasteiger partial charge on any atom is -0.234 e. The molecule has 0 saturated heterocycles. The number of thiazole rings is 1. The Labute approximate surface area is 125 Å². The standard InChI is InChI=1S/C16H10N2S2/c17-10-13(9-12-5-2-1-3-6-12)16-18-14(11-20-16)15-7-4-8-19-15/h1-9,11H. The molecule has 0 atom stereocenters. The lowest BCUT2D eigenvalue weighted by Crippen LogP contribution is -1.81. The number of nitriles is 1. The van der Waals surface area contributed by atoms with Gasteiger partial charge in [-0.15, -0.1) is 22.7 Å². The van der Waals surface area contributed by atoms with Gasteiger partial charge in [0.2, 0.25) is 0 Å². The van der Waals surface area contributed by atoms with Gasteiger partial charge in [0.15, 0.2) is 0 Å². The van der Waals surface area contributed by atoms with Crippen molar-refractivity contribution in [2.24, 2.45) is 0 Å². The molecule has 20 heavy (non-hydrogen) atoms. The minimum absolute atomic E-state index is 0.601. The van der Waals surface area contributed by atoms with Gasteiger partial charge in [-0.05, 0) is 23.1 Å². The van der Waals surface area contributed by atoms with Crippen molar-refractivity contribution in [3.05, 3.63) is 63.8 Å². The molecule has 1 aromatic carbocycles. The summed E-state index contributed by atoms with van der Waals surface area (Å²) < 4.78 is 0. The van der Waals surface area contributed by atoms with E-state index in [0.29, 0.717) is 5.57 Å². The second-order valence-corrected chi connectivity index (χ2v) is 5.90. The zero-order valence-corrected chi connectivity index (χ0v) is 12.1. The van der Waals surface area contributed by atoms with Crippen LogP contribution in [0.2, 0.25) is 0 Å². The highest BCUT2D eigenvalue weighted by molar-refractivity contribution is 7.14. The Morgan fingerprint density at radius 3 is 2.65 bits per heavy atom. The summed E-state index contributed by atoms with van der Waals surface area (Å²) in [5.41, 5.74) is 2.55. The molecule has 0 aliphatic carbocycles. The molecular weight excluding hydrogens is 284 g/mol. The van der Waals surface area contributed by atoms with Gasteiger partial charge in [-0.1, -0.05) is 36.4 Å². The maximum Gasteiger partial charge on any atom is 0.134 e. The van der Waals surface area contributed by atoms with Crippen LogP contribution in [0, 0.1) is 11.3 Å². The van der Waals surface area contributed by atoms with Crippen molar-refractivity contribution in [3.63, 3.8) is 0 Å². The predicted molar refractivity (Wildman–Crippen MR) is 85.4 cm³/mol. The van der Waals surface area contributed by atoms with Gasteiger partial charge < -0.3 is 0 Å². The summed E-state index contributed by atoms with van der Waals surface area (Å²) in [6.07, 6.45) is 1.87. The topological polar surface area (TPSA) is 36.7 Å². The third-order valence-corrected chi connectivity index (χ3v) is 4.51. The highest BCUT2D eigenvalue weighted by Crippen LogP contribution is 2.29. The van der Waals surface area contributed by atoms with Crippen molar-refractivity contribution in [1.82, 2.24) is 4.98 Å². The summed E-state index contributed by atoms with van der Waals surface area (Å²) in [6, 6.07) is 16.1. The largest absolute Gasteiger partial charge is 0.234 e. The van der Waals surface area contributed by atoms with Crippen LogP contribution in [0.4, 0.5) is 0 Å². The van der Waals surface area contributed by atoms with E-state index < -0.39 is 0 Å². The molecule has 0 radical (unpaired) electrons. The SMILES string of the molecule is N#CC(=Cc1ccccc1)c1nc(-c2cccs2)cs1. The van der Waals surface area contributed by atoms with E-state index in [2.05, 4.69) is 11.1 Å². The highest BCUT2D eigenvalue weighted by atomic mass is 32.1. The number of benzene rings is 1. The predicted octanol–water partition coefficient (Wildman–Crippen LogP) is 4.94. The lowest BCUT2D eigenvalue weighted by Gasteiger charge is -1.94. The monoisotopic (exact) mass is 294 g/mol. The van der Waals surface area contributed by atoms with E-state index in [1.807, 2.05) is 59.3 Å². The maximum atomic E-state index is 9.33. The van der Waals surface area contributed by atoms with Gasteiger partial charge >= 0.3 is 0 Å². The summed E-state index contributed by atoms with van der Waals surface area (Å²) in [4.78, 5) is 5.69. The second-order valence-electron chi connectivity index (χ2n) is 4.10. The molecule has 0 N–H and O–H groups in total. The summed E-state index contributed by atoms with van der Waals surface area (Å²) in [5.74, 6) is 0. The smallest absolute Gasteiger partial charge is 0.134 e. The Bertz CT molecular complexity index is 762. The normalized spacial score (nSPS) is 11.2. The van der Waals surface area contributed by atoms with Crippen molar-refractivity contribution in [2.75, 3.05) is 0 Å². The van der Waals surface area contributed by atoms with Gasteiger partial charge in [0.05, 0.1) is 16.1 Å². The molecule has 2 aromatic heterocycles. The first-order valence-corrected chi connectivity index (χ1v) is 7.79. The Hall–Kier alpha value is -2.22. The molecule has 3 aromatic rings. The molecule has 0 aliphatic heterocycles. The van der Waals surface area contributed by atoms with E-state index in [0.717, 1.165) is 21.1 Å². The van der Waals surface area contributed by atoms with Crippen LogP contribution in [-0.2, 0) is 0 Å². The molecule has 0 amide bonds. The van der Waals surface area contributed by atoms with Crippen LogP contribution in [0.25, 0.3) is 22.2 Å². The number of rotatable bonds is 3. The molecule has 2 nitrogen and oxygen atoms in total. The third kappa shape index (κ3) is 2.69. The van der Waals surface area contributed by atoms with Crippen LogP contribution < -0.4 is 0 Å². The van der Waals surface area contributed by atoms with Gasteiger partial charge in [-0.3, -0.25) is 0 Å². The maximum absolute atomic E-state index is 9.33. The van der Waals surface area contributed by atoms with E-state index >= 15 is 0 Å². The van der Waals surface area contributed by atoms with Crippen LogP contribution in [0.1, 0.15) is 10.6 Å². The second kappa shape index (κ2) is 5.83. The first kappa shape index (κ1) is 12.8. The van der Waals surface area contributed by atoms with E-state index in [-0.39, 0.29) is 0 Å². The molecule has 0 unspecified atom stereocenters. The molecule has 4 heteroatoms. The highest BCUT2D eigenvalue weighted by Gasteiger charge is 2.09. The number of hydrogen-bond donors (Lipinski definition) is 0. The quantitative estimate of drug-likeness (QED) is 0.642. The lowest BCUT2D eigenvalue weighted by atomic mass is 10.1. The number of allylic oxidation sites excluding steroid dienone is 1. The first-order chi connectivity index (χ1) is 9.86. The van der Waals surface area contributed by atoms with Crippen LogP contribution in [0.3, 0.4) is 0 Å². The van der Waals surface area contributed by atoms with Crippen molar-refractivity contribution in [1.29, 1.82) is 5.26 Å². The summed E-state index contributed by atoms with van der Waals surface area (Å²) in [5, 5.41) is 14.1. The molecule has 0 spiro atoms. The molecule has 3 rings (SSSR count). The molecule has 0 aliphatic rings. The zero-order valence-electron chi connectivity index (χ0n) is 10.5. The Balaban J connectivity index is 1.95. The Morgan fingerprint density at radius 1 is 1.10 bits per heavy atom. The van der Waals surface area contributed by atoms with Crippen molar-refractivity contribution < 1.29 is 0 Å². The molecule has 0 bridgehead atoms. The molecule has 0 saturated carbocycles. The van der Waals surface area contributed by atoms with E-state index in [1.165, 1.54) is 11.3 Å². The lowest BCUT2D eigenvalue weighted by molar-refractivity contribution is 1.38. The van der Waals surface area contributed by atoms with Gasteiger partial charge in [0.1, 0.15) is 11.1 Å². The number of hydrogen-bond acceptors (Lipinski definition) is 4. The third-order valence-electron chi connectivity index (χ3n) is 2.74. The van der Waals surface area contributed by atoms with E-state index in [9.17, 15) is 5.26 Å². The first-order valence-electron chi connectivity index (χ1n) is 6.03. The molecule has 2 heterocycles. The fourth-order valence-electron chi connectivity index (χ4n) is 1.79. The fourth-order valence-corrected chi connectivity index (χ4v) is 3.34. The number of aromatic nitrogens is 1. The molecule has 0 fully saturated rings. The van der Waals surface area contributed by atoms with Crippen LogP contribution in [-0.4, -0.2) is 4.98 Å². The molecular formula is C16H10N2S2. The fraction of sp³-hybridized carbons (Fsp3) is 0. The van der Waals surface area contributed by atoms with Crippen molar-refractivity contribution >= 4 is 34.3 Å². The number of nitrogens with zero attached hydrogens (tertiary/aromatic N) is 2. The zero-order chi connectivity index (χ0) is 13.8.